The maximum Gasteiger partial charge on any atom is 0.407 e. The van der Waals surface area contributed by atoms with Crippen molar-refractivity contribution in [3.05, 3.63) is 24.3 Å². The van der Waals surface area contributed by atoms with Gasteiger partial charge in [-0.05, 0) is 130 Å². The lowest BCUT2D eigenvalue weighted by atomic mass is 10.0. The van der Waals surface area contributed by atoms with Crippen molar-refractivity contribution in [2.75, 3.05) is 53.6 Å². The van der Waals surface area contributed by atoms with Crippen LogP contribution in [0.4, 0.5) is 4.79 Å². The van der Waals surface area contributed by atoms with Gasteiger partial charge in [-0.15, -0.1) is 0 Å². The van der Waals surface area contributed by atoms with Crippen LogP contribution in [-0.2, 0) is 28.5 Å². The van der Waals surface area contributed by atoms with E-state index in [1.54, 1.807) is 0 Å². The minimum atomic E-state index is -0.412. The Balaban J connectivity index is 4.11. The van der Waals surface area contributed by atoms with Crippen LogP contribution in [0.1, 0.15) is 245 Å². The fraction of sp³-hybridized carbons (Fsp3) is 0.870. The molecule has 9 heteroatoms. The van der Waals surface area contributed by atoms with Crippen LogP contribution in [0.15, 0.2) is 24.3 Å². The molecule has 0 spiro atoms. The van der Waals surface area contributed by atoms with Crippen LogP contribution in [0, 0.1) is 0 Å². The van der Waals surface area contributed by atoms with Gasteiger partial charge in [-0.25, -0.2) is 4.79 Å². The number of rotatable bonds is 49. The quantitative estimate of drug-likeness (QED) is 0.0279. The number of hydrogen-bond acceptors (Lipinski definition) is 8. The number of nitrogens with one attached hydrogen (secondary N) is 1. The van der Waals surface area contributed by atoms with E-state index in [4.69, 9.17) is 18.9 Å². The van der Waals surface area contributed by atoms with Crippen molar-refractivity contribution in [3.63, 3.8) is 0 Å². The molecule has 0 bridgehead atoms. The lowest BCUT2D eigenvalue weighted by Gasteiger charge is -2.18. The van der Waals surface area contributed by atoms with Crippen LogP contribution in [0.5, 0.6) is 0 Å². The van der Waals surface area contributed by atoms with Gasteiger partial charge in [0.05, 0.1) is 26.4 Å². The molecule has 0 aromatic heterocycles. The number of nitrogens with zero attached hydrogens (tertiary/aromatic N) is 1. The van der Waals surface area contributed by atoms with E-state index in [0.29, 0.717) is 45.8 Å². The molecule has 0 fully saturated rings. The van der Waals surface area contributed by atoms with Crippen molar-refractivity contribution >= 4 is 18.0 Å². The summed E-state index contributed by atoms with van der Waals surface area (Å²) in [5, 5.41) is 2.82. The molecule has 0 atom stereocenters. The average Bonchev–Trinajstić information content (AvgIpc) is 3.26. The molecule has 63 heavy (non-hydrogen) atoms. The van der Waals surface area contributed by atoms with Crippen molar-refractivity contribution in [2.45, 2.75) is 251 Å². The van der Waals surface area contributed by atoms with Gasteiger partial charge in [0.2, 0.25) is 0 Å². The fourth-order valence-corrected chi connectivity index (χ4v) is 7.53. The first-order valence-corrected chi connectivity index (χ1v) is 26.7. The number of carbonyl (C=O) groups excluding carboxylic acids is 3. The van der Waals surface area contributed by atoms with Crippen LogP contribution in [-0.4, -0.2) is 82.6 Å². The SMILES string of the molecule is CCCCCCCC/C=C/CCCCCCCC(=O)OCCCCCC(CCCCCOC(=O)CCCCCCC/C=C/CCCCCCCC)OC(=O)NCCOCCN(C)C. The highest BCUT2D eigenvalue weighted by molar-refractivity contribution is 5.69. The third-order valence-corrected chi connectivity index (χ3v) is 11.6. The highest BCUT2D eigenvalue weighted by atomic mass is 16.6. The predicted molar refractivity (Wildman–Crippen MR) is 265 cm³/mol. The minimum absolute atomic E-state index is 0.0926. The van der Waals surface area contributed by atoms with Gasteiger partial charge in [0.1, 0.15) is 6.10 Å². The molecular formula is C54H102N2O7. The van der Waals surface area contributed by atoms with Crippen LogP contribution in [0.25, 0.3) is 0 Å². The van der Waals surface area contributed by atoms with Gasteiger partial charge in [-0.1, -0.05) is 141 Å². The van der Waals surface area contributed by atoms with E-state index < -0.39 is 6.09 Å². The first-order valence-electron chi connectivity index (χ1n) is 26.7. The first kappa shape index (κ1) is 60.6. The normalized spacial score (nSPS) is 11.7. The number of esters is 2. The number of amides is 1. The molecule has 370 valence electrons. The van der Waals surface area contributed by atoms with E-state index in [9.17, 15) is 14.4 Å². The van der Waals surface area contributed by atoms with Gasteiger partial charge in [0.15, 0.2) is 0 Å². The summed E-state index contributed by atoms with van der Waals surface area (Å²) < 4.78 is 22.4. The Labute approximate surface area is 389 Å². The summed E-state index contributed by atoms with van der Waals surface area (Å²) in [6, 6.07) is 0. The highest BCUT2D eigenvalue weighted by Crippen LogP contribution is 2.16. The Hall–Kier alpha value is -2.39. The Morgan fingerprint density at radius 2 is 0.841 bits per heavy atom. The van der Waals surface area contributed by atoms with E-state index in [0.717, 1.165) is 83.6 Å². The molecule has 0 aliphatic carbocycles. The molecule has 9 nitrogen and oxygen atoms in total. The Bertz CT molecular complexity index is 985. The molecular weight excluding hydrogens is 789 g/mol. The molecule has 0 saturated heterocycles. The standard InChI is InChI=1S/C54H102N2O7/c1-5-7-9-11-13-15-17-19-21-23-25-27-29-31-37-43-52(57)61-47-39-33-35-41-51(63-54(59)55-45-49-60-50-46-56(3)4)42-36-34-40-48-62-53(58)44-38-32-30-28-26-24-22-20-18-16-14-12-10-8-6-2/h19-22,51H,5-18,23-50H2,1-4H3,(H,55,59)/b21-19+,22-20+. The van der Waals surface area contributed by atoms with Crippen LogP contribution < -0.4 is 5.32 Å². The summed E-state index contributed by atoms with van der Waals surface area (Å²) in [5.41, 5.74) is 0. The van der Waals surface area contributed by atoms with E-state index in [1.165, 1.54) is 141 Å². The molecule has 0 saturated carbocycles. The summed E-state index contributed by atoms with van der Waals surface area (Å²) in [4.78, 5) is 39.2. The molecule has 0 aliphatic rings. The number of ether oxygens (including phenoxy) is 4. The molecule has 1 N–H and O–H groups in total. The molecule has 0 radical (unpaired) electrons. The molecule has 0 heterocycles. The molecule has 0 aliphatic heterocycles. The van der Waals surface area contributed by atoms with E-state index in [2.05, 4.69) is 48.4 Å². The average molecular weight is 891 g/mol. The second-order valence-corrected chi connectivity index (χ2v) is 18.2. The second kappa shape index (κ2) is 50.6. The van der Waals surface area contributed by atoms with Crippen molar-refractivity contribution < 1.29 is 33.3 Å². The number of alkyl carbamates (subject to hydrolysis) is 1. The van der Waals surface area contributed by atoms with Crippen molar-refractivity contribution in [1.82, 2.24) is 10.2 Å². The smallest absolute Gasteiger partial charge is 0.407 e. The van der Waals surface area contributed by atoms with Gasteiger partial charge in [-0.2, -0.15) is 0 Å². The molecule has 0 rings (SSSR count). The fourth-order valence-electron chi connectivity index (χ4n) is 7.53. The van der Waals surface area contributed by atoms with Crippen LogP contribution >= 0.6 is 0 Å². The van der Waals surface area contributed by atoms with E-state index in [1.807, 2.05) is 14.1 Å². The minimum Gasteiger partial charge on any atom is -0.466 e. The third-order valence-electron chi connectivity index (χ3n) is 11.6. The zero-order valence-corrected chi connectivity index (χ0v) is 41.9. The Morgan fingerprint density at radius 1 is 0.460 bits per heavy atom. The molecule has 0 aromatic rings. The highest BCUT2D eigenvalue weighted by Gasteiger charge is 2.15. The third kappa shape index (κ3) is 50.5. The van der Waals surface area contributed by atoms with Crippen LogP contribution in [0.2, 0.25) is 0 Å². The maximum atomic E-state index is 12.6. The van der Waals surface area contributed by atoms with Gasteiger partial charge < -0.3 is 29.2 Å². The number of allylic oxidation sites excluding steroid dienone is 4. The molecule has 0 aromatic carbocycles. The van der Waals surface area contributed by atoms with Crippen molar-refractivity contribution in [1.29, 1.82) is 0 Å². The monoisotopic (exact) mass is 891 g/mol. The maximum absolute atomic E-state index is 12.6. The summed E-state index contributed by atoms with van der Waals surface area (Å²) in [6.45, 7) is 7.72. The topological polar surface area (TPSA) is 103 Å². The summed E-state index contributed by atoms with van der Waals surface area (Å²) in [7, 11) is 4.00. The van der Waals surface area contributed by atoms with E-state index >= 15 is 0 Å². The lowest BCUT2D eigenvalue weighted by molar-refractivity contribution is -0.144. The summed E-state index contributed by atoms with van der Waals surface area (Å²) in [5.74, 6) is -0.185. The predicted octanol–water partition coefficient (Wildman–Crippen LogP) is 14.9. The number of unbranched alkanes of at least 4 members (excludes halogenated alkanes) is 26. The van der Waals surface area contributed by atoms with Gasteiger partial charge >= 0.3 is 18.0 Å². The largest absolute Gasteiger partial charge is 0.466 e. The lowest BCUT2D eigenvalue weighted by Crippen LogP contribution is -2.32. The summed E-state index contributed by atoms with van der Waals surface area (Å²) in [6.07, 6.45) is 48.9. The van der Waals surface area contributed by atoms with Gasteiger partial charge in [0, 0.05) is 25.9 Å². The van der Waals surface area contributed by atoms with Gasteiger partial charge in [0.25, 0.3) is 0 Å². The van der Waals surface area contributed by atoms with Crippen molar-refractivity contribution in [3.8, 4) is 0 Å². The Kier molecular flexibility index (Phi) is 48.7. The van der Waals surface area contributed by atoms with Gasteiger partial charge in [-0.3, -0.25) is 9.59 Å². The second-order valence-electron chi connectivity index (χ2n) is 18.2. The zero-order valence-electron chi connectivity index (χ0n) is 41.9. The molecule has 0 unspecified atom stereocenters. The molecule has 1 amide bonds. The van der Waals surface area contributed by atoms with E-state index in [-0.39, 0.29) is 18.0 Å². The first-order chi connectivity index (χ1) is 30.9. The van der Waals surface area contributed by atoms with Crippen molar-refractivity contribution in [2.24, 2.45) is 0 Å². The number of hydrogen-bond donors (Lipinski definition) is 1. The number of likely N-dealkylation sites (N-methyl/N-ethyl adjacent to an activating group) is 1. The summed E-state index contributed by atoms with van der Waals surface area (Å²) >= 11 is 0. The zero-order chi connectivity index (χ0) is 45.9. The van der Waals surface area contributed by atoms with Crippen LogP contribution in [0.3, 0.4) is 0 Å². The number of carbonyl (C=O) groups is 3. The Morgan fingerprint density at radius 3 is 1.25 bits per heavy atom.